The molecule has 0 rings (SSSR count). The first-order chi connectivity index (χ1) is 9.15. The van der Waals surface area contributed by atoms with Crippen molar-refractivity contribution in [2.24, 2.45) is 5.41 Å². The monoisotopic (exact) mass is 286 g/mol. The number of hydrogen-bond acceptors (Lipinski definition) is 3. The number of nitrogens with one attached hydrogen (secondary N) is 1. The fourth-order valence-corrected chi connectivity index (χ4v) is 2.51. The molecule has 0 aromatic carbocycles. The predicted molar refractivity (Wildman–Crippen MR) is 89.4 cm³/mol. The summed E-state index contributed by atoms with van der Waals surface area (Å²) in [7, 11) is 1.79. The van der Waals surface area contributed by atoms with Crippen molar-refractivity contribution >= 4 is 0 Å². The van der Waals surface area contributed by atoms with Gasteiger partial charge in [-0.15, -0.1) is 0 Å². The Morgan fingerprint density at radius 1 is 1.05 bits per heavy atom. The van der Waals surface area contributed by atoms with Crippen LogP contribution in [0.2, 0.25) is 0 Å². The van der Waals surface area contributed by atoms with Crippen molar-refractivity contribution < 1.29 is 4.74 Å². The Bertz CT molecular complexity index is 242. The molecular formula is C17H38N2O. The van der Waals surface area contributed by atoms with E-state index >= 15 is 0 Å². The lowest BCUT2D eigenvalue weighted by atomic mass is 9.90. The van der Waals surface area contributed by atoms with Gasteiger partial charge in [-0.05, 0) is 39.0 Å². The van der Waals surface area contributed by atoms with Crippen LogP contribution in [0.25, 0.3) is 0 Å². The second-order valence-corrected chi connectivity index (χ2v) is 7.70. The summed E-state index contributed by atoms with van der Waals surface area (Å²) in [6.45, 7) is 20.0. The summed E-state index contributed by atoms with van der Waals surface area (Å²) in [6, 6.07) is 0.666. The Morgan fingerprint density at radius 2 is 1.60 bits per heavy atom. The summed E-state index contributed by atoms with van der Waals surface area (Å²) in [5.74, 6) is 0. The van der Waals surface area contributed by atoms with E-state index in [1.54, 1.807) is 7.11 Å². The van der Waals surface area contributed by atoms with Crippen LogP contribution in [-0.2, 0) is 4.74 Å². The Morgan fingerprint density at radius 3 is 2.00 bits per heavy atom. The van der Waals surface area contributed by atoms with Crippen LogP contribution in [0.4, 0.5) is 0 Å². The molecule has 0 aliphatic heterocycles. The largest absolute Gasteiger partial charge is 0.383 e. The van der Waals surface area contributed by atoms with Crippen LogP contribution in [0.3, 0.4) is 0 Å². The quantitative estimate of drug-likeness (QED) is 0.665. The maximum Gasteiger partial charge on any atom is 0.0589 e. The Labute approximate surface area is 127 Å². The summed E-state index contributed by atoms with van der Waals surface area (Å²) >= 11 is 0. The molecule has 3 heteroatoms. The molecule has 0 fully saturated rings. The zero-order valence-electron chi connectivity index (χ0n) is 15.2. The van der Waals surface area contributed by atoms with Crippen molar-refractivity contribution in [1.29, 1.82) is 0 Å². The second-order valence-electron chi connectivity index (χ2n) is 7.70. The van der Waals surface area contributed by atoms with Crippen LogP contribution in [0.5, 0.6) is 0 Å². The van der Waals surface area contributed by atoms with Gasteiger partial charge in [0.25, 0.3) is 0 Å². The lowest BCUT2D eigenvalue weighted by Gasteiger charge is -2.38. The third-order valence-corrected chi connectivity index (χ3v) is 3.77. The normalized spacial score (nSPS) is 13.5. The van der Waals surface area contributed by atoms with Crippen molar-refractivity contribution in [1.82, 2.24) is 10.2 Å². The summed E-state index contributed by atoms with van der Waals surface area (Å²) < 4.78 is 5.28. The van der Waals surface area contributed by atoms with Crippen molar-refractivity contribution in [3.05, 3.63) is 0 Å². The van der Waals surface area contributed by atoms with Crippen LogP contribution in [-0.4, -0.2) is 49.8 Å². The van der Waals surface area contributed by atoms with E-state index in [1.165, 1.54) is 12.8 Å². The molecular weight excluding hydrogens is 248 g/mol. The lowest BCUT2D eigenvalue weighted by Crippen LogP contribution is -2.49. The first-order valence-corrected chi connectivity index (χ1v) is 8.13. The third kappa shape index (κ3) is 8.93. The van der Waals surface area contributed by atoms with Gasteiger partial charge in [-0.1, -0.05) is 27.7 Å². The Kier molecular flexibility index (Phi) is 8.96. The summed E-state index contributed by atoms with van der Waals surface area (Å²) in [6.07, 6.45) is 2.42. The molecule has 0 saturated heterocycles. The molecule has 0 saturated carbocycles. The smallest absolute Gasteiger partial charge is 0.0589 e. The minimum Gasteiger partial charge on any atom is -0.383 e. The van der Waals surface area contributed by atoms with Gasteiger partial charge in [-0.3, -0.25) is 4.90 Å². The molecule has 0 amide bonds. The van der Waals surface area contributed by atoms with Gasteiger partial charge in [-0.2, -0.15) is 0 Å². The minimum atomic E-state index is 0.184. The number of methoxy groups -OCH3 is 1. The van der Waals surface area contributed by atoms with E-state index in [-0.39, 0.29) is 11.0 Å². The molecule has 0 aliphatic carbocycles. The molecule has 0 aromatic rings. The zero-order valence-corrected chi connectivity index (χ0v) is 15.2. The van der Waals surface area contributed by atoms with E-state index in [1.807, 2.05) is 0 Å². The number of nitrogens with zero attached hydrogens (tertiary/aromatic N) is 1. The standard InChI is InChI=1S/C17H38N2O/c1-9-15(10-2)19(11-12-20-8)14-17(6,7)13-18-16(3,4)5/h15,18H,9-14H2,1-8H3. The average Bonchev–Trinajstić information content (AvgIpc) is 2.34. The van der Waals surface area contributed by atoms with Gasteiger partial charge in [0.2, 0.25) is 0 Å². The van der Waals surface area contributed by atoms with Crippen LogP contribution < -0.4 is 5.32 Å². The van der Waals surface area contributed by atoms with Crippen molar-refractivity contribution in [2.45, 2.75) is 72.9 Å². The topological polar surface area (TPSA) is 24.5 Å². The van der Waals surface area contributed by atoms with Crippen LogP contribution in [0.1, 0.15) is 61.3 Å². The molecule has 3 nitrogen and oxygen atoms in total. The highest BCUT2D eigenvalue weighted by Gasteiger charge is 2.26. The maximum absolute atomic E-state index is 5.28. The molecule has 0 atom stereocenters. The van der Waals surface area contributed by atoms with E-state index in [9.17, 15) is 0 Å². The number of rotatable bonds is 10. The van der Waals surface area contributed by atoms with Crippen molar-refractivity contribution in [3.63, 3.8) is 0 Å². The second kappa shape index (κ2) is 9.01. The van der Waals surface area contributed by atoms with Crippen LogP contribution >= 0.6 is 0 Å². The molecule has 20 heavy (non-hydrogen) atoms. The molecule has 0 aromatic heterocycles. The molecule has 1 N–H and O–H groups in total. The van der Waals surface area contributed by atoms with Gasteiger partial charge in [0.15, 0.2) is 0 Å². The van der Waals surface area contributed by atoms with Gasteiger partial charge in [-0.25, -0.2) is 0 Å². The molecule has 0 aliphatic rings. The molecule has 0 radical (unpaired) electrons. The highest BCUT2D eigenvalue weighted by molar-refractivity contribution is 4.83. The predicted octanol–water partition coefficient (Wildman–Crippen LogP) is 3.54. The summed E-state index contributed by atoms with van der Waals surface area (Å²) in [5.41, 5.74) is 0.452. The lowest BCUT2D eigenvalue weighted by molar-refractivity contribution is 0.0792. The van der Waals surface area contributed by atoms with Gasteiger partial charge < -0.3 is 10.1 Å². The summed E-state index contributed by atoms with van der Waals surface area (Å²) in [5, 5.41) is 3.64. The van der Waals surface area contributed by atoms with Gasteiger partial charge in [0.1, 0.15) is 0 Å². The Hall–Kier alpha value is -0.120. The zero-order chi connectivity index (χ0) is 15.8. The average molecular weight is 287 g/mol. The molecule has 0 unspecified atom stereocenters. The first kappa shape index (κ1) is 19.9. The van der Waals surface area contributed by atoms with E-state index < -0.39 is 0 Å². The number of hydrogen-bond donors (Lipinski definition) is 1. The SMILES string of the molecule is CCC(CC)N(CCOC)CC(C)(C)CNC(C)(C)C. The first-order valence-electron chi connectivity index (χ1n) is 8.13. The van der Waals surface area contributed by atoms with Gasteiger partial charge in [0, 0.05) is 38.3 Å². The summed E-state index contributed by atoms with van der Waals surface area (Å²) in [4.78, 5) is 2.60. The molecule has 0 spiro atoms. The molecule has 0 heterocycles. The van der Waals surface area contributed by atoms with Gasteiger partial charge >= 0.3 is 0 Å². The van der Waals surface area contributed by atoms with Crippen molar-refractivity contribution in [3.8, 4) is 0 Å². The van der Waals surface area contributed by atoms with Crippen LogP contribution in [0, 0.1) is 5.41 Å². The van der Waals surface area contributed by atoms with E-state index in [0.717, 1.165) is 26.2 Å². The highest BCUT2D eigenvalue weighted by atomic mass is 16.5. The maximum atomic E-state index is 5.28. The fraction of sp³-hybridized carbons (Fsp3) is 1.00. The highest BCUT2D eigenvalue weighted by Crippen LogP contribution is 2.21. The molecule has 122 valence electrons. The van der Waals surface area contributed by atoms with Gasteiger partial charge in [0.05, 0.1) is 6.61 Å². The molecule has 0 bridgehead atoms. The number of ether oxygens (including phenoxy) is 1. The van der Waals surface area contributed by atoms with E-state index in [2.05, 4.69) is 58.7 Å². The van der Waals surface area contributed by atoms with Crippen molar-refractivity contribution in [2.75, 3.05) is 33.4 Å². The minimum absolute atomic E-state index is 0.184. The van der Waals surface area contributed by atoms with E-state index in [0.29, 0.717) is 6.04 Å². The fourth-order valence-electron chi connectivity index (χ4n) is 2.51. The van der Waals surface area contributed by atoms with E-state index in [4.69, 9.17) is 4.74 Å². The Balaban J connectivity index is 4.59. The van der Waals surface area contributed by atoms with Crippen LogP contribution in [0.15, 0.2) is 0 Å². The third-order valence-electron chi connectivity index (χ3n) is 3.77.